The lowest BCUT2D eigenvalue weighted by atomic mass is 9.94. The molecule has 6 heterocycles. The monoisotopic (exact) mass is 982 g/mol. The first-order valence-electron chi connectivity index (χ1n) is 22.3. The zero-order valence-electron chi connectivity index (χ0n) is 39.2. The van der Waals surface area contributed by atoms with Gasteiger partial charge in [-0.2, -0.15) is 0 Å². The van der Waals surface area contributed by atoms with E-state index >= 15 is 0 Å². The third-order valence-corrected chi connectivity index (χ3v) is 12.5. The van der Waals surface area contributed by atoms with Crippen LogP contribution in [0.2, 0.25) is 0 Å². The summed E-state index contributed by atoms with van der Waals surface area (Å²) in [6.45, 7) is 4.54. The first kappa shape index (κ1) is 47.2. The van der Waals surface area contributed by atoms with Crippen molar-refractivity contribution in [2.45, 2.75) is 26.2 Å². The van der Waals surface area contributed by atoms with Gasteiger partial charge >= 0.3 is 0 Å². The molecule has 3 aromatic carbocycles. The first-order chi connectivity index (χ1) is 33.9. The number of phenols is 1. The number of alkyl halides is 1. The summed E-state index contributed by atoms with van der Waals surface area (Å²) in [5.74, 6) is -4.10. The number of furan rings is 1. The van der Waals surface area contributed by atoms with Crippen molar-refractivity contribution in [3.05, 3.63) is 125 Å². The van der Waals surface area contributed by atoms with Gasteiger partial charge < -0.3 is 64.4 Å². The Morgan fingerprint density at radius 2 is 1.44 bits per heavy atom. The van der Waals surface area contributed by atoms with Gasteiger partial charge in [0, 0.05) is 100 Å². The van der Waals surface area contributed by atoms with Crippen molar-refractivity contribution in [2.24, 2.45) is 28.2 Å². The van der Waals surface area contributed by atoms with Crippen LogP contribution in [0.25, 0.3) is 21.7 Å². The second-order valence-electron chi connectivity index (χ2n) is 17.3. The number of amides is 6. The first-order valence-corrected chi connectivity index (χ1v) is 22.8. The van der Waals surface area contributed by atoms with E-state index in [1.54, 1.807) is 44.6 Å². The number of hydrogen-bond acceptors (Lipinski definition) is 11. The Morgan fingerprint density at radius 1 is 0.732 bits per heavy atom. The second-order valence-corrected chi connectivity index (χ2v) is 17.6. The number of aromatic hydroxyl groups is 2. The largest absolute Gasteiger partial charge is 0.507 e. The van der Waals surface area contributed by atoms with Crippen LogP contribution in [0.4, 0.5) is 28.7 Å². The van der Waals surface area contributed by atoms with Crippen molar-refractivity contribution >= 4 is 97.5 Å². The Balaban J connectivity index is 0.864. The standard InChI is InChI=1S/C49H47ClN12O9/c1-7-12-51-47(68)42-54-38(23-60(42)5)57-46(67)40-41(64)31(21-59(40)4)53-48(69)43-55-37(22-61(43)6)56-45(66)33-16-28(20-58(33)3)52-44(65)25-9-10-29-30(14-25)39-27(18-50)19-62(32(39)17-34(29)63)49(70)36-15-26-13-24(2)8-11-35(26)71-36/h8-11,13-17,20-23,27,63-64H,7,12,18-19H2,1-6H3,(H,51,68)(H,52,65)(H,53,69)(H,56,66)(H,57,67). The van der Waals surface area contributed by atoms with Crippen LogP contribution in [0.5, 0.6) is 11.5 Å². The number of phenolic OH excluding ortho intramolecular Hbond substituents is 1. The van der Waals surface area contributed by atoms with E-state index in [4.69, 9.17) is 16.0 Å². The van der Waals surface area contributed by atoms with E-state index in [1.807, 2.05) is 32.0 Å². The number of aryl methyl sites for hydroxylation is 5. The maximum absolute atomic E-state index is 13.9. The lowest BCUT2D eigenvalue weighted by Crippen LogP contribution is -2.29. The van der Waals surface area contributed by atoms with Gasteiger partial charge in [0.05, 0.1) is 11.4 Å². The highest BCUT2D eigenvalue weighted by atomic mass is 35.5. The van der Waals surface area contributed by atoms with Crippen LogP contribution < -0.4 is 31.5 Å². The molecule has 0 aliphatic carbocycles. The maximum atomic E-state index is 13.9. The summed E-state index contributed by atoms with van der Waals surface area (Å²) in [7, 11) is 6.22. The van der Waals surface area contributed by atoms with Crippen molar-refractivity contribution in [1.29, 1.82) is 0 Å². The summed E-state index contributed by atoms with van der Waals surface area (Å²) in [6.07, 6.45) is 6.46. The molecule has 0 saturated carbocycles. The molecule has 364 valence electrons. The summed E-state index contributed by atoms with van der Waals surface area (Å²) in [5, 5.41) is 37.3. The van der Waals surface area contributed by atoms with Gasteiger partial charge in [-0.05, 0) is 66.8 Å². The molecule has 1 atom stereocenters. The molecule has 0 radical (unpaired) electrons. The van der Waals surface area contributed by atoms with Gasteiger partial charge in [-0.25, -0.2) is 9.97 Å². The molecular weight excluding hydrogens is 936 g/mol. The summed E-state index contributed by atoms with van der Waals surface area (Å²) in [5.41, 5.74) is 3.11. The van der Waals surface area contributed by atoms with Gasteiger partial charge in [-0.3, -0.25) is 28.8 Å². The van der Waals surface area contributed by atoms with E-state index in [1.165, 1.54) is 68.0 Å². The van der Waals surface area contributed by atoms with Gasteiger partial charge in [-0.15, -0.1) is 11.6 Å². The molecule has 7 N–H and O–H groups in total. The van der Waals surface area contributed by atoms with Gasteiger partial charge in [0.2, 0.25) is 11.6 Å². The highest BCUT2D eigenvalue weighted by Crippen LogP contribution is 2.46. The summed E-state index contributed by atoms with van der Waals surface area (Å²) < 4.78 is 11.5. The Hall–Kier alpha value is -8.85. The summed E-state index contributed by atoms with van der Waals surface area (Å²) >= 11 is 6.50. The van der Waals surface area contributed by atoms with E-state index in [0.29, 0.717) is 34.2 Å². The van der Waals surface area contributed by atoms with Crippen molar-refractivity contribution in [3.8, 4) is 11.5 Å². The average molecular weight is 983 g/mol. The summed E-state index contributed by atoms with van der Waals surface area (Å²) in [6, 6.07) is 15.1. The quantitative estimate of drug-likeness (QED) is 0.0607. The average Bonchev–Trinajstić information content (AvgIpc) is 4.19. The molecule has 8 aromatic rings. The molecule has 6 amide bonds. The van der Waals surface area contributed by atoms with Gasteiger partial charge in [-0.1, -0.05) is 18.6 Å². The van der Waals surface area contributed by atoms with Crippen LogP contribution >= 0.6 is 11.6 Å². The normalized spacial score (nSPS) is 13.1. The number of nitrogens with zero attached hydrogens (tertiary/aromatic N) is 7. The number of halogens is 1. The minimum atomic E-state index is -0.771. The van der Waals surface area contributed by atoms with Crippen molar-refractivity contribution in [3.63, 3.8) is 0 Å². The smallest absolute Gasteiger partial charge is 0.294 e. The molecule has 1 aliphatic rings. The molecule has 21 nitrogen and oxygen atoms in total. The molecule has 0 saturated heterocycles. The van der Waals surface area contributed by atoms with Crippen LogP contribution in [0.3, 0.4) is 0 Å². The van der Waals surface area contributed by atoms with E-state index in [-0.39, 0.29) is 81.5 Å². The van der Waals surface area contributed by atoms with Crippen molar-refractivity contribution in [1.82, 2.24) is 33.6 Å². The molecule has 1 aliphatic heterocycles. The number of benzene rings is 3. The fourth-order valence-electron chi connectivity index (χ4n) is 8.70. The molecule has 0 bridgehead atoms. The van der Waals surface area contributed by atoms with Gasteiger partial charge in [0.25, 0.3) is 35.4 Å². The minimum absolute atomic E-state index is 0.0139. The molecular formula is C49H47ClN12O9. The predicted octanol–water partition coefficient (Wildman–Crippen LogP) is 6.58. The number of rotatable bonds is 13. The van der Waals surface area contributed by atoms with E-state index in [2.05, 4.69) is 36.6 Å². The Kier molecular flexibility index (Phi) is 12.4. The van der Waals surface area contributed by atoms with Crippen LogP contribution in [-0.2, 0) is 28.2 Å². The number of imidazole rings is 2. The number of carbonyl (C=O) groups excluding carboxylic acids is 6. The number of aromatic nitrogens is 6. The topological polar surface area (TPSA) is 265 Å². The second kappa shape index (κ2) is 18.6. The third-order valence-electron chi connectivity index (χ3n) is 12.1. The number of hydrogen-bond donors (Lipinski definition) is 7. The Labute approximate surface area is 409 Å². The highest BCUT2D eigenvalue weighted by molar-refractivity contribution is 6.20. The molecule has 0 spiro atoms. The fraction of sp³-hybridized carbons (Fsp3) is 0.224. The minimum Gasteiger partial charge on any atom is -0.507 e. The fourth-order valence-corrected chi connectivity index (χ4v) is 8.95. The van der Waals surface area contributed by atoms with Gasteiger partial charge in [0.15, 0.2) is 28.8 Å². The van der Waals surface area contributed by atoms with Gasteiger partial charge in [0.1, 0.15) is 22.7 Å². The molecule has 22 heteroatoms. The lowest BCUT2D eigenvalue weighted by Gasteiger charge is -2.17. The molecule has 9 rings (SSSR count). The van der Waals surface area contributed by atoms with E-state index in [0.717, 1.165) is 17.4 Å². The van der Waals surface area contributed by atoms with Crippen LogP contribution in [-0.4, -0.2) is 92.9 Å². The predicted molar refractivity (Wildman–Crippen MR) is 265 cm³/mol. The summed E-state index contributed by atoms with van der Waals surface area (Å²) in [4.78, 5) is 90.4. The highest BCUT2D eigenvalue weighted by Gasteiger charge is 2.36. The number of nitrogens with one attached hydrogen (secondary N) is 5. The van der Waals surface area contributed by atoms with Crippen LogP contribution in [0.15, 0.2) is 83.8 Å². The van der Waals surface area contributed by atoms with Crippen LogP contribution in [0, 0.1) is 6.92 Å². The van der Waals surface area contributed by atoms with Crippen molar-refractivity contribution in [2.75, 3.05) is 45.1 Å². The zero-order valence-corrected chi connectivity index (χ0v) is 39.9. The molecule has 0 fully saturated rings. The lowest BCUT2D eigenvalue weighted by molar-refractivity contribution is 0.0936. The number of fused-ring (bicyclic) bond motifs is 4. The molecule has 1 unspecified atom stereocenters. The van der Waals surface area contributed by atoms with Crippen molar-refractivity contribution < 1.29 is 43.4 Å². The number of carbonyl (C=O) groups is 6. The third kappa shape index (κ3) is 8.89. The van der Waals surface area contributed by atoms with E-state index in [9.17, 15) is 39.0 Å². The maximum Gasteiger partial charge on any atom is 0.294 e. The molecule has 5 aromatic heterocycles. The SMILES string of the molecule is CCCNC(=O)c1nc(NC(=O)c2c(O)c(NC(=O)c3nc(NC(=O)c4cc(NC(=O)c5ccc6c(O)cc7c(c6c5)C(CCl)CN7C(=O)c5cc6cc(C)ccc6o5)cn4C)cn3C)cn2C)cn1C. The Morgan fingerprint density at radius 3 is 2.14 bits per heavy atom. The van der Waals surface area contributed by atoms with Crippen LogP contribution in [0.1, 0.15) is 93.5 Å². The Bertz CT molecular complexity index is 3520. The molecule has 71 heavy (non-hydrogen) atoms. The van der Waals surface area contributed by atoms with E-state index < -0.39 is 41.2 Å². The number of anilines is 5. The zero-order chi connectivity index (χ0) is 50.6.